The second kappa shape index (κ2) is 14.3. The van der Waals surface area contributed by atoms with Crippen LogP contribution in [0.15, 0.2) is 11.6 Å². The third-order valence-electron chi connectivity index (χ3n) is 5.62. The molecule has 0 aromatic heterocycles. The number of hydrogen-bond donors (Lipinski definition) is 0. The van der Waals surface area contributed by atoms with Crippen LogP contribution in [0.5, 0.6) is 11.5 Å². The molecule has 2 rings (SSSR count). The van der Waals surface area contributed by atoms with Crippen LogP contribution in [0.1, 0.15) is 86.8 Å². The minimum atomic E-state index is -0.440. The molecule has 0 aliphatic carbocycles. The van der Waals surface area contributed by atoms with Crippen LogP contribution in [0.2, 0.25) is 0 Å². The number of benzene rings is 1. The quantitative estimate of drug-likeness (QED) is 0.186. The molecule has 1 heterocycles. The molecular weight excluding hydrogens is 424 g/mol. The summed E-state index contributed by atoms with van der Waals surface area (Å²) in [7, 11) is 2.92. The lowest BCUT2D eigenvalue weighted by atomic mass is 9.94. The van der Waals surface area contributed by atoms with E-state index in [0.717, 1.165) is 48.8 Å². The standard InChI is InChI=1S/C24H34O5.C2H4O2/c1-7-9-11-16(4)23(25)29-22-18(13-12-15(3)10-8-2)21(27-6)17(5)19-14-28-24(26)20(19)22;1-4-2-3/h12,16H,7-11,13-14H2,1-6H3;2H,1H3/b15-12+;. The Morgan fingerprint density at radius 2 is 1.85 bits per heavy atom. The van der Waals surface area contributed by atoms with Crippen LogP contribution in [0.3, 0.4) is 0 Å². The van der Waals surface area contributed by atoms with E-state index in [1.165, 1.54) is 12.7 Å². The van der Waals surface area contributed by atoms with Gasteiger partial charge in [0.1, 0.15) is 17.9 Å². The Morgan fingerprint density at radius 1 is 1.18 bits per heavy atom. The number of unbranched alkanes of at least 4 members (excludes halogenated alkanes) is 1. The van der Waals surface area contributed by atoms with Gasteiger partial charge in [0.05, 0.1) is 20.1 Å². The summed E-state index contributed by atoms with van der Waals surface area (Å²) in [5, 5.41) is 0. The van der Waals surface area contributed by atoms with Gasteiger partial charge in [-0.3, -0.25) is 9.59 Å². The predicted octanol–water partition coefficient (Wildman–Crippen LogP) is 5.48. The van der Waals surface area contributed by atoms with Gasteiger partial charge in [-0.2, -0.15) is 0 Å². The van der Waals surface area contributed by atoms with Crippen LogP contribution in [0.25, 0.3) is 0 Å². The van der Waals surface area contributed by atoms with Gasteiger partial charge in [-0.05, 0) is 38.7 Å². The third-order valence-corrected chi connectivity index (χ3v) is 5.62. The van der Waals surface area contributed by atoms with Gasteiger partial charge in [0.15, 0.2) is 5.75 Å². The molecule has 0 fully saturated rings. The number of hydrogen-bond acceptors (Lipinski definition) is 7. The molecule has 0 amide bonds. The van der Waals surface area contributed by atoms with Gasteiger partial charge >= 0.3 is 11.9 Å². The third kappa shape index (κ3) is 7.62. The van der Waals surface area contributed by atoms with Gasteiger partial charge in [0.25, 0.3) is 6.47 Å². The molecule has 0 saturated carbocycles. The van der Waals surface area contributed by atoms with Crippen LogP contribution in [0.4, 0.5) is 0 Å². The molecule has 1 unspecified atom stereocenters. The number of methoxy groups -OCH3 is 2. The highest BCUT2D eigenvalue weighted by molar-refractivity contribution is 5.99. The monoisotopic (exact) mass is 462 g/mol. The number of esters is 2. The molecule has 0 bridgehead atoms. The van der Waals surface area contributed by atoms with E-state index in [0.29, 0.717) is 30.0 Å². The van der Waals surface area contributed by atoms with Crippen molar-refractivity contribution in [1.82, 2.24) is 0 Å². The Morgan fingerprint density at radius 3 is 2.39 bits per heavy atom. The zero-order chi connectivity index (χ0) is 25.0. The topological polar surface area (TPSA) is 88.1 Å². The molecule has 7 nitrogen and oxygen atoms in total. The maximum Gasteiger partial charge on any atom is 0.342 e. The first kappa shape index (κ1) is 28.2. The average Bonchev–Trinajstić information content (AvgIpc) is 3.20. The Balaban J connectivity index is 0.00000125. The second-order valence-electron chi connectivity index (χ2n) is 8.20. The SMILES string of the molecule is CCCCC(C)C(=O)Oc1c(C/C=C(\C)CCC)c(OC)c(C)c2c1C(=O)OC2.COC=O. The molecule has 0 N–H and O–H groups in total. The summed E-state index contributed by atoms with van der Waals surface area (Å²) in [5.74, 6) is -0.0296. The Bertz CT molecular complexity index is 855. The zero-order valence-electron chi connectivity index (χ0n) is 21.0. The summed E-state index contributed by atoms with van der Waals surface area (Å²) >= 11 is 0. The van der Waals surface area contributed by atoms with Crippen LogP contribution in [0, 0.1) is 12.8 Å². The average molecular weight is 463 g/mol. The lowest BCUT2D eigenvalue weighted by Gasteiger charge is -2.20. The molecule has 184 valence electrons. The number of carbonyl (C=O) groups excluding carboxylic acids is 3. The van der Waals surface area contributed by atoms with Crippen molar-refractivity contribution >= 4 is 18.4 Å². The molecule has 0 saturated heterocycles. The fourth-order valence-electron chi connectivity index (χ4n) is 3.72. The van der Waals surface area contributed by atoms with Crippen LogP contribution < -0.4 is 9.47 Å². The predicted molar refractivity (Wildman–Crippen MR) is 127 cm³/mol. The highest BCUT2D eigenvalue weighted by Gasteiger charge is 2.34. The maximum atomic E-state index is 12.8. The normalized spacial score (nSPS) is 13.3. The Kier molecular flexibility index (Phi) is 12.3. The number of cyclic esters (lactones) is 1. The summed E-state index contributed by atoms with van der Waals surface area (Å²) in [6.45, 7) is 10.7. The van der Waals surface area contributed by atoms with Crippen molar-refractivity contribution in [2.75, 3.05) is 14.2 Å². The molecule has 1 aromatic carbocycles. The summed E-state index contributed by atoms with van der Waals surface area (Å²) in [6, 6.07) is 0. The smallest absolute Gasteiger partial charge is 0.342 e. The second-order valence-corrected chi connectivity index (χ2v) is 8.20. The van der Waals surface area contributed by atoms with Crippen molar-refractivity contribution in [1.29, 1.82) is 0 Å². The number of ether oxygens (including phenoxy) is 4. The minimum absolute atomic E-state index is 0.178. The van der Waals surface area contributed by atoms with E-state index in [4.69, 9.17) is 19.0 Å². The molecule has 7 heteroatoms. The summed E-state index contributed by atoms with van der Waals surface area (Å²) < 4.78 is 20.7. The molecule has 0 radical (unpaired) electrons. The molecule has 1 aliphatic heterocycles. The number of allylic oxidation sites excluding steroid dienone is 2. The minimum Gasteiger partial charge on any atom is -0.496 e. The van der Waals surface area contributed by atoms with E-state index < -0.39 is 5.97 Å². The summed E-state index contributed by atoms with van der Waals surface area (Å²) in [5.41, 5.74) is 3.96. The van der Waals surface area contributed by atoms with Gasteiger partial charge in [-0.15, -0.1) is 0 Å². The van der Waals surface area contributed by atoms with E-state index in [1.54, 1.807) is 7.11 Å². The first-order chi connectivity index (χ1) is 15.8. The molecule has 33 heavy (non-hydrogen) atoms. The summed E-state index contributed by atoms with van der Waals surface area (Å²) in [6.07, 6.45) is 7.44. The Hall–Kier alpha value is -2.83. The largest absolute Gasteiger partial charge is 0.496 e. The number of rotatable bonds is 11. The van der Waals surface area contributed by atoms with Crippen molar-refractivity contribution in [3.8, 4) is 11.5 Å². The van der Waals surface area contributed by atoms with E-state index in [1.807, 2.05) is 13.8 Å². The maximum absolute atomic E-state index is 12.8. The Labute approximate surface area is 197 Å². The van der Waals surface area contributed by atoms with Crippen LogP contribution in [-0.2, 0) is 32.1 Å². The molecule has 0 spiro atoms. The van der Waals surface area contributed by atoms with E-state index >= 15 is 0 Å². The number of carbonyl (C=O) groups is 3. The van der Waals surface area contributed by atoms with Crippen molar-refractivity contribution in [2.24, 2.45) is 5.92 Å². The lowest BCUT2D eigenvalue weighted by molar-refractivity contribution is -0.138. The van der Waals surface area contributed by atoms with E-state index in [-0.39, 0.29) is 18.5 Å². The van der Waals surface area contributed by atoms with Crippen LogP contribution >= 0.6 is 0 Å². The van der Waals surface area contributed by atoms with Gasteiger partial charge in [-0.25, -0.2) is 4.79 Å². The number of fused-ring (bicyclic) bond motifs is 1. The fraction of sp³-hybridized carbons (Fsp3) is 0.577. The van der Waals surface area contributed by atoms with Gasteiger partial charge in [0.2, 0.25) is 0 Å². The molecule has 1 aromatic rings. The first-order valence-corrected chi connectivity index (χ1v) is 11.5. The summed E-state index contributed by atoms with van der Waals surface area (Å²) in [4.78, 5) is 34.2. The molecular formula is C26H38O7. The molecule has 1 aliphatic rings. The zero-order valence-corrected chi connectivity index (χ0v) is 21.0. The van der Waals surface area contributed by atoms with Gasteiger partial charge in [-0.1, -0.05) is 51.7 Å². The van der Waals surface area contributed by atoms with Gasteiger partial charge in [0, 0.05) is 11.1 Å². The van der Waals surface area contributed by atoms with Crippen molar-refractivity contribution in [2.45, 2.75) is 79.8 Å². The van der Waals surface area contributed by atoms with Crippen LogP contribution in [-0.4, -0.2) is 32.6 Å². The van der Waals surface area contributed by atoms with Crippen molar-refractivity contribution in [3.05, 3.63) is 33.9 Å². The van der Waals surface area contributed by atoms with Gasteiger partial charge < -0.3 is 18.9 Å². The van der Waals surface area contributed by atoms with Crippen molar-refractivity contribution in [3.63, 3.8) is 0 Å². The molecule has 1 atom stereocenters. The first-order valence-electron chi connectivity index (χ1n) is 11.5. The van der Waals surface area contributed by atoms with E-state index in [2.05, 4.69) is 31.6 Å². The lowest BCUT2D eigenvalue weighted by Crippen LogP contribution is -2.20. The highest BCUT2D eigenvalue weighted by Crippen LogP contribution is 2.43. The van der Waals surface area contributed by atoms with E-state index in [9.17, 15) is 9.59 Å². The highest BCUT2D eigenvalue weighted by atomic mass is 16.6. The fourth-order valence-corrected chi connectivity index (χ4v) is 3.72. The van der Waals surface area contributed by atoms with Crippen molar-refractivity contribution < 1.29 is 33.3 Å².